The van der Waals surface area contributed by atoms with Crippen molar-refractivity contribution in [2.75, 3.05) is 13.2 Å². The average molecular weight is 154 g/mol. The maximum atomic E-state index is 5.62. The summed E-state index contributed by atoms with van der Waals surface area (Å²) in [6, 6.07) is 0. The van der Waals surface area contributed by atoms with Gasteiger partial charge >= 0.3 is 0 Å². The van der Waals surface area contributed by atoms with Gasteiger partial charge in [0.25, 0.3) is 0 Å². The third-order valence-corrected chi connectivity index (χ3v) is 3.26. The zero-order valence-electron chi connectivity index (χ0n) is 7.44. The first-order chi connectivity index (χ1) is 5.31. The molecule has 1 nitrogen and oxygen atoms in total. The van der Waals surface area contributed by atoms with E-state index in [1.54, 1.807) is 0 Å². The molecule has 0 N–H and O–H groups in total. The van der Waals surface area contributed by atoms with E-state index >= 15 is 0 Å². The van der Waals surface area contributed by atoms with E-state index in [-0.39, 0.29) is 0 Å². The minimum atomic E-state index is 0.623. The Morgan fingerprint density at radius 2 is 2.00 bits per heavy atom. The Morgan fingerprint density at radius 1 is 1.27 bits per heavy atom. The molecule has 0 amide bonds. The molecule has 1 saturated carbocycles. The molecule has 64 valence electrons. The van der Waals surface area contributed by atoms with Crippen LogP contribution in [0.3, 0.4) is 0 Å². The SMILES string of the molecule is CC1COCC2(CCCC2)C1. The number of hydrogen-bond donors (Lipinski definition) is 0. The first-order valence-electron chi connectivity index (χ1n) is 4.89. The fourth-order valence-electron chi connectivity index (χ4n) is 2.81. The van der Waals surface area contributed by atoms with E-state index in [1.807, 2.05) is 0 Å². The molecule has 1 atom stereocenters. The third-order valence-electron chi connectivity index (χ3n) is 3.26. The van der Waals surface area contributed by atoms with Crippen molar-refractivity contribution in [2.45, 2.75) is 39.0 Å². The molecule has 0 aromatic rings. The minimum Gasteiger partial charge on any atom is -0.381 e. The molecule has 11 heavy (non-hydrogen) atoms. The lowest BCUT2D eigenvalue weighted by Gasteiger charge is -2.36. The molecule has 1 aliphatic carbocycles. The smallest absolute Gasteiger partial charge is 0.0522 e. The zero-order valence-corrected chi connectivity index (χ0v) is 7.44. The number of ether oxygens (including phenoxy) is 1. The Kier molecular flexibility index (Phi) is 1.92. The first kappa shape index (κ1) is 7.60. The Bertz CT molecular complexity index is 136. The lowest BCUT2D eigenvalue weighted by atomic mass is 9.77. The summed E-state index contributed by atoms with van der Waals surface area (Å²) in [5, 5.41) is 0. The van der Waals surface area contributed by atoms with Crippen LogP contribution in [0.1, 0.15) is 39.0 Å². The summed E-state index contributed by atoms with van der Waals surface area (Å²) in [7, 11) is 0. The van der Waals surface area contributed by atoms with Gasteiger partial charge in [-0.2, -0.15) is 0 Å². The zero-order chi connectivity index (χ0) is 7.73. The van der Waals surface area contributed by atoms with E-state index in [4.69, 9.17) is 4.74 Å². The van der Waals surface area contributed by atoms with Crippen molar-refractivity contribution in [3.63, 3.8) is 0 Å². The molecule has 1 heteroatoms. The summed E-state index contributed by atoms with van der Waals surface area (Å²) in [4.78, 5) is 0. The maximum Gasteiger partial charge on any atom is 0.0522 e. The standard InChI is InChI=1S/C10H18O/c1-9-6-10(8-11-7-9)4-2-3-5-10/h9H,2-8H2,1H3. The van der Waals surface area contributed by atoms with Crippen LogP contribution in [-0.2, 0) is 4.74 Å². The van der Waals surface area contributed by atoms with Crippen LogP contribution in [-0.4, -0.2) is 13.2 Å². The fraction of sp³-hybridized carbons (Fsp3) is 1.00. The molecule has 1 spiro atoms. The molecule has 1 heterocycles. The van der Waals surface area contributed by atoms with E-state index in [2.05, 4.69) is 6.92 Å². The largest absolute Gasteiger partial charge is 0.381 e. The van der Waals surface area contributed by atoms with Crippen molar-refractivity contribution in [1.82, 2.24) is 0 Å². The molecule has 0 bridgehead atoms. The molecule has 0 aromatic heterocycles. The molecular formula is C10H18O. The van der Waals surface area contributed by atoms with Crippen LogP contribution in [0.4, 0.5) is 0 Å². The van der Waals surface area contributed by atoms with E-state index in [0.29, 0.717) is 5.41 Å². The molecule has 2 rings (SSSR count). The molecule has 1 saturated heterocycles. The van der Waals surface area contributed by atoms with Gasteiger partial charge in [0.1, 0.15) is 0 Å². The predicted octanol–water partition coefficient (Wildman–Crippen LogP) is 2.60. The topological polar surface area (TPSA) is 9.23 Å². The molecule has 2 fully saturated rings. The van der Waals surface area contributed by atoms with Crippen molar-refractivity contribution in [2.24, 2.45) is 11.3 Å². The highest BCUT2D eigenvalue weighted by atomic mass is 16.5. The summed E-state index contributed by atoms with van der Waals surface area (Å²) in [5.74, 6) is 0.807. The second-order valence-corrected chi connectivity index (χ2v) is 4.53. The number of rotatable bonds is 0. The van der Waals surface area contributed by atoms with Crippen LogP contribution in [0.25, 0.3) is 0 Å². The molecular weight excluding hydrogens is 136 g/mol. The summed E-state index contributed by atoms with van der Waals surface area (Å²) < 4.78 is 5.62. The Labute approximate surface area is 69.1 Å². The lowest BCUT2D eigenvalue weighted by molar-refractivity contribution is -0.0338. The normalized spacial score (nSPS) is 36.3. The summed E-state index contributed by atoms with van der Waals surface area (Å²) in [6.07, 6.45) is 7.16. The quantitative estimate of drug-likeness (QED) is 0.521. The van der Waals surface area contributed by atoms with Crippen molar-refractivity contribution < 1.29 is 4.74 Å². The van der Waals surface area contributed by atoms with Gasteiger partial charge in [-0.25, -0.2) is 0 Å². The van der Waals surface area contributed by atoms with Gasteiger partial charge in [0.05, 0.1) is 6.61 Å². The summed E-state index contributed by atoms with van der Waals surface area (Å²) >= 11 is 0. The molecule has 1 aliphatic heterocycles. The van der Waals surface area contributed by atoms with Gasteiger partial charge in [-0.3, -0.25) is 0 Å². The highest BCUT2D eigenvalue weighted by molar-refractivity contribution is 4.88. The van der Waals surface area contributed by atoms with Crippen LogP contribution in [0.2, 0.25) is 0 Å². The van der Waals surface area contributed by atoms with Crippen LogP contribution >= 0.6 is 0 Å². The van der Waals surface area contributed by atoms with Crippen molar-refractivity contribution in [3.05, 3.63) is 0 Å². The van der Waals surface area contributed by atoms with Gasteiger partial charge in [0.15, 0.2) is 0 Å². The Hall–Kier alpha value is -0.0400. The second kappa shape index (κ2) is 2.78. The maximum absolute atomic E-state index is 5.62. The van der Waals surface area contributed by atoms with E-state index in [9.17, 15) is 0 Å². The minimum absolute atomic E-state index is 0.623. The van der Waals surface area contributed by atoms with E-state index in [0.717, 1.165) is 19.1 Å². The van der Waals surface area contributed by atoms with Gasteiger partial charge in [-0.1, -0.05) is 19.8 Å². The van der Waals surface area contributed by atoms with Crippen molar-refractivity contribution in [3.8, 4) is 0 Å². The molecule has 1 unspecified atom stereocenters. The van der Waals surface area contributed by atoms with Crippen molar-refractivity contribution in [1.29, 1.82) is 0 Å². The van der Waals surface area contributed by atoms with Crippen LogP contribution < -0.4 is 0 Å². The fourth-order valence-corrected chi connectivity index (χ4v) is 2.81. The van der Waals surface area contributed by atoms with Gasteiger partial charge < -0.3 is 4.74 Å². The number of hydrogen-bond acceptors (Lipinski definition) is 1. The van der Waals surface area contributed by atoms with Crippen LogP contribution in [0.5, 0.6) is 0 Å². The van der Waals surface area contributed by atoms with E-state index < -0.39 is 0 Å². The van der Waals surface area contributed by atoms with Crippen molar-refractivity contribution >= 4 is 0 Å². The Balaban J connectivity index is 2.00. The van der Waals surface area contributed by atoms with Gasteiger partial charge in [0.2, 0.25) is 0 Å². The molecule has 2 aliphatic rings. The van der Waals surface area contributed by atoms with Gasteiger partial charge in [0, 0.05) is 6.61 Å². The lowest BCUT2D eigenvalue weighted by Crippen LogP contribution is -2.33. The van der Waals surface area contributed by atoms with Crippen LogP contribution in [0, 0.1) is 11.3 Å². The van der Waals surface area contributed by atoms with Gasteiger partial charge in [-0.05, 0) is 30.6 Å². The summed E-state index contributed by atoms with van der Waals surface area (Å²) in [5.41, 5.74) is 0.623. The second-order valence-electron chi connectivity index (χ2n) is 4.53. The van der Waals surface area contributed by atoms with Crippen LogP contribution in [0.15, 0.2) is 0 Å². The average Bonchev–Trinajstić information content (AvgIpc) is 2.37. The Morgan fingerprint density at radius 3 is 2.64 bits per heavy atom. The molecule has 0 aromatic carbocycles. The monoisotopic (exact) mass is 154 g/mol. The highest BCUT2D eigenvalue weighted by Crippen LogP contribution is 2.45. The summed E-state index contributed by atoms with van der Waals surface area (Å²) in [6.45, 7) is 4.37. The first-order valence-corrected chi connectivity index (χ1v) is 4.89. The predicted molar refractivity (Wildman–Crippen MR) is 45.5 cm³/mol. The van der Waals surface area contributed by atoms with Gasteiger partial charge in [-0.15, -0.1) is 0 Å². The highest BCUT2D eigenvalue weighted by Gasteiger charge is 2.37. The third kappa shape index (κ3) is 1.44. The molecule has 0 radical (unpaired) electrons. The van der Waals surface area contributed by atoms with E-state index in [1.165, 1.54) is 32.1 Å².